The van der Waals surface area contributed by atoms with E-state index in [0.717, 1.165) is 31.4 Å². The molecule has 0 bridgehead atoms. The molecule has 0 amide bonds. The van der Waals surface area contributed by atoms with Crippen LogP contribution in [0.15, 0.2) is 18.5 Å². The van der Waals surface area contributed by atoms with Crippen molar-refractivity contribution in [2.75, 3.05) is 6.54 Å². The topological polar surface area (TPSA) is 42.7 Å². The van der Waals surface area contributed by atoms with Crippen molar-refractivity contribution in [2.24, 2.45) is 0 Å². The number of hydrogen-bond acceptors (Lipinski definition) is 3. The summed E-state index contributed by atoms with van der Waals surface area (Å²) in [5.74, 6) is 1.17. The molecule has 0 aliphatic heterocycles. The molecule has 2 aromatic heterocycles. The van der Waals surface area contributed by atoms with Crippen LogP contribution in [0.4, 0.5) is 0 Å². The monoisotopic (exact) mass is 246 g/mol. The van der Waals surface area contributed by atoms with Crippen LogP contribution < -0.4 is 5.32 Å². The van der Waals surface area contributed by atoms with Crippen molar-refractivity contribution in [3.63, 3.8) is 0 Å². The first-order valence-electron chi connectivity index (χ1n) is 6.75. The van der Waals surface area contributed by atoms with Crippen molar-refractivity contribution < 1.29 is 0 Å². The van der Waals surface area contributed by atoms with Crippen LogP contribution in [0, 0.1) is 0 Å². The van der Waals surface area contributed by atoms with Gasteiger partial charge < -0.3 is 9.88 Å². The summed E-state index contributed by atoms with van der Waals surface area (Å²) in [6.07, 6.45) is 5.81. The maximum absolute atomic E-state index is 4.67. The highest BCUT2D eigenvalue weighted by molar-refractivity contribution is 5.74. The van der Waals surface area contributed by atoms with Gasteiger partial charge in [-0.15, -0.1) is 0 Å². The van der Waals surface area contributed by atoms with Crippen molar-refractivity contribution in [3.8, 4) is 0 Å². The molecule has 0 spiro atoms. The number of fused-ring (bicyclic) bond motifs is 1. The molecule has 4 heteroatoms. The zero-order valence-electron chi connectivity index (χ0n) is 11.5. The lowest BCUT2D eigenvalue weighted by atomic mass is 10.2. The van der Waals surface area contributed by atoms with Crippen LogP contribution in [-0.4, -0.2) is 27.1 Å². The summed E-state index contributed by atoms with van der Waals surface area (Å²) in [7, 11) is 0. The Balaban J connectivity index is 2.08. The van der Waals surface area contributed by atoms with E-state index >= 15 is 0 Å². The molecule has 0 aromatic carbocycles. The molecule has 4 nitrogen and oxygen atoms in total. The third-order valence-electron chi connectivity index (χ3n) is 3.08. The molecule has 98 valence electrons. The Morgan fingerprint density at radius 3 is 2.94 bits per heavy atom. The minimum Gasteiger partial charge on any atom is -0.328 e. The second-order valence-corrected chi connectivity index (χ2v) is 4.85. The Morgan fingerprint density at radius 2 is 2.22 bits per heavy atom. The molecule has 0 atom stereocenters. The summed E-state index contributed by atoms with van der Waals surface area (Å²) in [5.41, 5.74) is 2.20. The van der Waals surface area contributed by atoms with E-state index in [1.807, 2.05) is 18.5 Å². The van der Waals surface area contributed by atoms with Gasteiger partial charge in [-0.2, -0.15) is 0 Å². The first-order valence-corrected chi connectivity index (χ1v) is 6.75. The lowest BCUT2D eigenvalue weighted by molar-refractivity contribution is 0.560. The molecule has 18 heavy (non-hydrogen) atoms. The predicted molar refractivity (Wildman–Crippen MR) is 74.7 cm³/mol. The average molecular weight is 246 g/mol. The van der Waals surface area contributed by atoms with Crippen molar-refractivity contribution in [1.29, 1.82) is 0 Å². The van der Waals surface area contributed by atoms with Gasteiger partial charge in [0.15, 0.2) is 0 Å². The van der Waals surface area contributed by atoms with Crippen molar-refractivity contribution in [2.45, 2.75) is 46.2 Å². The summed E-state index contributed by atoms with van der Waals surface area (Å²) in [4.78, 5) is 8.81. The average Bonchev–Trinajstić information content (AvgIpc) is 2.71. The first kappa shape index (κ1) is 13.0. The largest absolute Gasteiger partial charge is 0.328 e. The highest BCUT2D eigenvalue weighted by Gasteiger charge is 2.08. The standard InChI is InChI=1S/C14H22N4/c1-4-18-13-7-9-15-10-12(13)17-14(18)6-5-8-16-11(2)3/h7,9-11,16H,4-6,8H2,1-3H3. The van der Waals surface area contributed by atoms with Gasteiger partial charge in [0.2, 0.25) is 0 Å². The Kier molecular flexibility index (Phi) is 4.31. The molecular weight excluding hydrogens is 224 g/mol. The van der Waals surface area contributed by atoms with E-state index in [1.54, 1.807) is 0 Å². The zero-order valence-corrected chi connectivity index (χ0v) is 11.5. The van der Waals surface area contributed by atoms with Crippen LogP contribution in [-0.2, 0) is 13.0 Å². The SMILES string of the molecule is CCn1c(CCCNC(C)C)nc2cnccc21. The quantitative estimate of drug-likeness (QED) is 0.796. The fourth-order valence-electron chi connectivity index (χ4n) is 2.21. The number of aromatic nitrogens is 3. The Morgan fingerprint density at radius 1 is 1.39 bits per heavy atom. The lowest BCUT2D eigenvalue weighted by Crippen LogP contribution is -2.24. The van der Waals surface area contributed by atoms with Gasteiger partial charge in [-0.1, -0.05) is 13.8 Å². The van der Waals surface area contributed by atoms with E-state index in [1.165, 1.54) is 11.3 Å². The van der Waals surface area contributed by atoms with Crippen molar-refractivity contribution in [1.82, 2.24) is 19.9 Å². The normalized spacial score (nSPS) is 11.6. The van der Waals surface area contributed by atoms with Gasteiger partial charge in [0.25, 0.3) is 0 Å². The fraction of sp³-hybridized carbons (Fsp3) is 0.571. The molecule has 0 aliphatic carbocycles. The minimum atomic E-state index is 0.555. The van der Waals surface area contributed by atoms with Crippen LogP contribution in [0.25, 0.3) is 11.0 Å². The predicted octanol–water partition coefficient (Wildman–Crippen LogP) is 2.38. The molecule has 0 aliphatic rings. The summed E-state index contributed by atoms with van der Waals surface area (Å²) < 4.78 is 2.28. The number of pyridine rings is 1. The van der Waals surface area contributed by atoms with E-state index in [2.05, 4.69) is 40.6 Å². The van der Waals surface area contributed by atoms with E-state index < -0.39 is 0 Å². The maximum Gasteiger partial charge on any atom is 0.109 e. The van der Waals surface area contributed by atoms with Gasteiger partial charge in [0.1, 0.15) is 11.3 Å². The Bertz CT molecular complexity index is 501. The second kappa shape index (κ2) is 5.96. The molecule has 0 fully saturated rings. The molecular formula is C14H22N4. The maximum atomic E-state index is 4.67. The number of nitrogens with one attached hydrogen (secondary N) is 1. The molecule has 2 rings (SSSR count). The molecule has 2 heterocycles. The van der Waals surface area contributed by atoms with Crippen LogP contribution in [0.2, 0.25) is 0 Å². The van der Waals surface area contributed by atoms with Crippen molar-refractivity contribution >= 4 is 11.0 Å². The molecule has 0 saturated heterocycles. The molecule has 2 aromatic rings. The van der Waals surface area contributed by atoms with Gasteiger partial charge >= 0.3 is 0 Å². The van der Waals surface area contributed by atoms with Gasteiger partial charge in [-0.05, 0) is 26.0 Å². The van der Waals surface area contributed by atoms with Crippen LogP contribution in [0.1, 0.15) is 33.0 Å². The molecule has 0 unspecified atom stereocenters. The van der Waals surface area contributed by atoms with Gasteiger partial charge in [0.05, 0.1) is 11.7 Å². The Hall–Kier alpha value is -1.42. The van der Waals surface area contributed by atoms with Gasteiger partial charge in [-0.3, -0.25) is 4.98 Å². The number of nitrogens with zero attached hydrogens (tertiary/aromatic N) is 3. The number of rotatable bonds is 6. The van der Waals surface area contributed by atoms with E-state index in [-0.39, 0.29) is 0 Å². The summed E-state index contributed by atoms with van der Waals surface area (Å²) in [6.45, 7) is 8.52. The zero-order chi connectivity index (χ0) is 13.0. The number of imidazole rings is 1. The summed E-state index contributed by atoms with van der Waals surface area (Å²) in [6, 6.07) is 2.60. The van der Waals surface area contributed by atoms with Crippen molar-refractivity contribution in [3.05, 3.63) is 24.3 Å². The van der Waals surface area contributed by atoms with E-state index in [0.29, 0.717) is 6.04 Å². The van der Waals surface area contributed by atoms with Crippen LogP contribution in [0.5, 0.6) is 0 Å². The van der Waals surface area contributed by atoms with Gasteiger partial charge in [-0.25, -0.2) is 4.98 Å². The molecule has 1 N–H and O–H groups in total. The second-order valence-electron chi connectivity index (χ2n) is 4.85. The molecule has 0 radical (unpaired) electrons. The Labute approximate surface area is 108 Å². The third-order valence-corrected chi connectivity index (χ3v) is 3.08. The summed E-state index contributed by atoms with van der Waals surface area (Å²) in [5, 5.41) is 3.44. The smallest absolute Gasteiger partial charge is 0.109 e. The van der Waals surface area contributed by atoms with E-state index in [9.17, 15) is 0 Å². The number of hydrogen-bond donors (Lipinski definition) is 1. The number of aryl methyl sites for hydroxylation is 2. The molecule has 0 saturated carbocycles. The van der Waals surface area contributed by atoms with E-state index in [4.69, 9.17) is 0 Å². The lowest BCUT2D eigenvalue weighted by Gasteiger charge is -2.08. The highest BCUT2D eigenvalue weighted by Crippen LogP contribution is 2.15. The van der Waals surface area contributed by atoms with Crippen LogP contribution in [0.3, 0.4) is 0 Å². The van der Waals surface area contributed by atoms with Gasteiger partial charge in [0, 0.05) is 25.2 Å². The fourth-order valence-corrected chi connectivity index (χ4v) is 2.21. The van der Waals surface area contributed by atoms with Crippen LogP contribution >= 0.6 is 0 Å². The third kappa shape index (κ3) is 2.88. The first-order chi connectivity index (χ1) is 8.72. The summed E-state index contributed by atoms with van der Waals surface area (Å²) >= 11 is 0. The highest BCUT2D eigenvalue weighted by atomic mass is 15.1. The minimum absolute atomic E-state index is 0.555.